The molecule has 6 nitrogen and oxygen atoms in total. The third-order valence-electron chi connectivity index (χ3n) is 5.41. The Hall–Kier alpha value is -4.11. The normalized spacial score (nSPS) is 14.8. The zero-order valence-electron chi connectivity index (χ0n) is 17.6. The number of hydrogen-bond acceptors (Lipinski definition) is 3. The van der Waals surface area contributed by atoms with Crippen LogP contribution in [0.15, 0.2) is 60.3 Å². The molecule has 4 rings (SSSR count). The maximum atomic E-state index is 12.9. The van der Waals surface area contributed by atoms with Crippen LogP contribution in [-0.2, 0) is 11.3 Å². The highest BCUT2D eigenvalue weighted by Gasteiger charge is 2.33. The molecule has 0 bridgehead atoms. The van der Waals surface area contributed by atoms with E-state index in [1.807, 2.05) is 63.2 Å². The summed E-state index contributed by atoms with van der Waals surface area (Å²) >= 11 is 0. The molecule has 2 heterocycles. The molecule has 0 atom stereocenters. The van der Waals surface area contributed by atoms with Crippen LogP contribution >= 0.6 is 0 Å². The molecule has 1 aromatic heterocycles. The van der Waals surface area contributed by atoms with E-state index in [1.54, 1.807) is 18.2 Å². The first-order valence-electron chi connectivity index (χ1n) is 9.97. The lowest BCUT2D eigenvalue weighted by molar-refractivity contribution is -0.123. The van der Waals surface area contributed by atoms with Gasteiger partial charge in [0, 0.05) is 17.1 Å². The van der Waals surface area contributed by atoms with E-state index in [1.165, 1.54) is 4.90 Å². The molecule has 3 aromatic rings. The number of rotatable bonds is 4. The Balaban J connectivity index is 1.62. The largest absolute Gasteiger partial charge is 0.329 e. The van der Waals surface area contributed by atoms with Gasteiger partial charge in [-0.25, -0.2) is 4.79 Å². The molecule has 6 heteroatoms. The van der Waals surface area contributed by atoms with Gasteiger partial charge in [-0.15, -0.1) is 0 Å². The van der Waals surface area contributed by atoms with Crippen LogP contribution in [0.1, 0.15) is 33.6 Å². The van der Waals surface area contributed by atoms with Crippen LogP contribution in [0, 0.1) is 32.1 Å². The van der Waals surface area contributed by atoms with E-state index in [0.717, 1.165) is 33.8 Å². The van der Waals surface area contributed by atoms with Gasteiger partial charge in [0.05, 0.1) is 18.2 Å². The second-order valence-corrected chi connectivity index (χ2v) is 7.69. The lowest BCUT2D eigenvalue weighted by atomic mass is 10.1. The first kappa shape index (κ1) is 20.2. The quantitative estimate of drug-likeness (QED) is 0.513. The molecule has 0 radical (unpaired) electrons. The van der Waals surface area contributed by atoms with Crippen molar-refractivity contribution in [2.45, 2.75) is 27.3 Å². The Morgan fingerprint density at radius 1 is 1.03 bits per heavy atom. The monoisotopic (exact) mass is 410 g/mol. The highest BCUT2D eigenvalue weighted by Crippen LogP contribution is 2.24. The average Bonchev–Trinajstić information content (AvgIpc) is 3.17. The van der Waals surface area contributed by atoms with Crippen LogP contribution in [0.4, 0.5) is 4.79 Å². The number of nitrogens with one attached hydrogen (secondary N) is 1. The smallest absolute Gasteiger partial charge is 0.318 e. The molecule has 0 aliphatic carbocycles. The van der Waals surface area contributed by atoms with E-state index in [2.05, 4.69) is 16.0 Å². The van der Waals surface area contributed by atoms with Gasteiger partial charge in [-0.3, -0.25) is 9.69 Å². The Morgan fingerprint density at radius 2 is 1.77 bits per heavy atom. The van der Waals surface area contributed by atoms with Gasteiger partial charge in [-0.1, -0.05) is 29.8 Å². The van der Waals surface area contributed by atoms with E-state index in [0.29, 0.717) is 5.56 Å². The maximum absolute atomic E-state index is 12.9. The lowest BCUT2D eigenvalue weighted by Gasteiger charge is -2.12. The Kier molecular flexibility index (Phi) is 5.18. The zero-order valence-corrected chi connectivity index (χ0v) is 17.6. The van der Waals surface area contributed by atoms with Crippen molar-refractivity contribution in [3.8, 4) is 11.8 Å². The van der Waals surface area contributed by atoms with Crippen molar-refractivity contribution in [1.29, 1.82) is 5.26 Å². The van der Waals surface area contributed by atoms with Crippen molar-refractivity contribution in [1.82, 2.24) is 14.8 Å². The second-order valence-electron chi connectivity index (χ2n) is 7.69. The fraction of sp³-hybridized carbons (Fsp3) is 0.160. The SMILES string of the molecule is Cc1cccc(CN2C(=O)N/C(=C/c3cc(C)n(-c4ccc(C#N)cc4)c3C)C2=O)c1. The van der Waals surface area contributed by atoms with Crippen molar-refractivity contribution >= 4 is 18.0 Å². The fourth-order valence-corrected chi connectivity index (χ4v) is 3.88. The first-order chi connectivity index (χ1) is 14.9. The zero-order chi connectivity index (χ0) is 22.1. The highest BCUT2D eigenvalue weighted by atomic mass is 16.2. The molecule has 2 aromatic carbocycles. The fourth-order valence-electron chi connectivity index (χ4n) is 3.88. The van der Waals surface area contributed by atoms with Gasteiger partial charge in [0.25, 0.3) is 5.91 Å². The van der Waals surface area contributed by atoms with Crippen LogP contribution in [0.2, 0.25) is 0 Å². The maximum Gasteiger partial charge on any atom is 0.329 e. The number of benzene rings is 2. The molecule has 3 amide bonds. The molecule has 1 aliphatic rings. The minimum absolute atomic E-state index is 0.230. The molecule has 31 heavy (non-hydrogen) atoms. The van der Waals surface area contributed by atoms with Gasteiger partial charge in [-0.2, -0.15) is 5.26 Å². The molecule has 154 valence electrons. The number of amides is 3. The lowest BCUT2D eigenvalue weighted by Crippen LogP contribution is -2.30. The summed E-state index contributed by atoms with van der Waals surface area (Å²) in [5.41, 5.74) is 6.55. The Labute approximate surface area is 181 Å². The van der Waals surface area contributed by atoms with E-state index in [-0.39, 0.29) is 18.1 Å². The number of imide groups is 1. The predicted molar refractivity (Wildman–Crippen MR) is 118 cm³/mol. The molecule has 1 saturated heterocycles. The number of nitrogens with zero attached hydrogens (tertiary/aromatic N) is 3. The first-order valence-corrected chi connectivity index (χ1v) is 9.97. The molecule has 1 fully saturated rings. The third kappa shape index (κ3) is 3.86. The minimum Gasteiger partial charge on any atom is -0.318 e. The van der Waals surface area contributed by atoms with Gasteiger partial charge in [0.2, 0.25) is 0 Å². The van der Waals surface area contributed by atoms with E-state index in [4.69, 9.17) is 5.26 Å². The number of nitriles is 1. The average molecular weight is 410 g/mol. The van der Waals surface area contributed by atoms with Crippen LogP contribution in [-0.4, -0.2) is 21.4 Å². The van der Waals surface area contributed by atoms with E-state index in [9.17, 15) is 9.59 Å². The number of carbonyl (C=O) groups is 2. The van der Waals surface area contributed by atoms with Crippen molar-refractivity contribution in [2.75, 3.05) is 0 Å². The Morgan fingerprint density at radius 3 is 2.45 bits per heavy atom. The Bertz CT molecular complexity index is 1260. The van der Waals surface area contributed by atoms with Gasteiger partial charge in [-0.05, 0) is 68.3 Å². The van der Waals surface area contributed by atoms with Crippen LogP contribution in [0.3, 0.4) is 0 Å². The summed E-state index contributed by atoms with van der Waals surface area (Å²) in [6.45, 7) is 6.15. The standard InChI is InChI=1S/C25H22N4O2/c1-16-5-4-6-20(11-16)15-28-24(30)23(27-25(28)31)13-21-12-17(2)29(18(21)3)22-9-7-19(14-26)8-10-22/h4-13H,15H2,1-3H3,(H,27,31)/b23-13+. The van der Waals surface area contributed by atoms with Crippen LogP contribution < -0.4 is 5.32 Å². The molecule has 0 spiro atoms. The molecular formula is C25H22N4O2. The second kappa shape index (κ2) is 7.96. The summed E-state index contributed by atoms with van der Waals surface area (Å²) in [5.74, 6) is -0.338. The third-order valence-corrected chi connectivity index (χ3v) is 5.41. The van der Waals surface area contributed by atoms with Gasteiger partial charge in [0.1, 0.15) is 5.70 Å². The summed E-state index contributed by atoms with van der Waals surface area (Å²) in [7, 11) is 0. The van der Waals surface area contributed by atoms with Crippen LogP contribution in [0.5, 0.6) is 0 Å². The topological polar surface area (TPSA) is 78.1 Å². The number of urea groups is 1. The summed E-state index contributed by atoms with van der Waals surface area (Å²) in [6.07, 6.45) is 1.72. The number of carbonyl (C=O) groups excluding carboxylic acids is 2. The van der Waals surface area contributed by atoms with Crippen molar-refractivity contribution in [3.63, 3.8) is 0 Å². The number of aromatic nitrogens is 1. The molecule has 0 saturated carbocycles. The predicted octanol–water partition coefficient (Wildman–Crippen LogP) is 4.37. The summed E-state index contributed by atoms with van der Waals surface area (Å²) in [5, 5.41) is 11.7. The van der Waals surface area contributed by atoms with Gasteiger partial charge in [0.15, 0.2) is 0 Å². The van der Waals surface area contributed by atoms with Gasteiger partial charge < -0.3 is 9.88 Å². The molecular weight excluding hydrogens is 388 g/mol. The molecule has 1 aliphatic heterocycles. The van der Waals surface area contributed by atoms with Crippen molar-refractivity contribution in [2.24, 2.45) is 0 Å². The number of aryl methyl sites for hydroxylation is 2. The minimum atomic E-state index is -0.418. The van der Waals surface area contributed by atoms with E-state index >= 15 is 0 Å². The van der Waals surface area contributed by atoms with Crippen LogP contribution in [0.25, 0.3) is 11.8 Å². The molecule has 0 unspecified atom stereocenters. The molecule has 1 N–H and O–H groups in total. The summed E-state index contributed by atoms with van der Waals surface area (Å²) in [4.78, 5) is 26.5. The van der Waals surface area contributed by atoms with Crippen molar-refractivity contribution < 1.29 is 9.59 Å². The van der Waals surface area contributed by atoms with Crippen molar-refractivity contribution in [3.05, 3.63) is 93.9 Å². The number of hydrogen-bond donors (Lipinski definition) is 1. The van der Waals surface area contributed by atoms with E-state index < -0.39 is 6.03 Å². The van der Waals surface area contributed by atoms with Gasteiger partial charge >= 0.3 is 6.03 Å². The summed E-state index contributed by atoms with van der Waals surface area (Å²) in [6, 6.07) is 18.8. The summed E-state index contributed by atoms with van der Waals surface area (Å²) < 4.78 is 2.05. The highest BCUT2D eigenvalue weighted by molar-refractivity contribution is 6.14.